The topological polar surface area (TPSA) is 13.1 Å². The summed E-state index contributed by atoms with van der Waals surface area (Å²) in [5.74, 6) is 0. The minimum absolute atomic E-state index is 0.962. The Hall–Kier alpha value is -4.36. The van der Waals surface area contributed by atoms with Crippen LogP contribution < -0.4 is 0 Å². The van der Waals surface area contributed by atoms with Gasteiger partial charge in [0.1, 0.15) is 11.2 Å². The van der Waals surface area contributed by atoms with Crippen molar-refractivity contribution in [2.24, 2.45) is 0 Å². The molecule has 0 atom stereocenters. The van der Waals surface area contributed by atoms with Gasteiger partial charge in [0.25, 0.3) is 0 Å². The molecule has 0 spiro atoms. The fraction of sp³-hybridized carbons (Fsp3) is 0. The van der Waals surface area contributed by atoms with E-state index in [2.05, 4.69) is 72.8 Å². The largest absolute Gasteiger partial charge is 0.456 e. The first-order valence-corrected chi connectivity index (χ1v) is 11.1. The van der Waals surface area contributed by atoms with Crippen molar-refractivity contribution in [3.05, 3.63) is 146 Å². The van der Waals surface area contributed by atoms with Gasteiger partial charge in [-0.3, -0.25) is 0 Å². The number of hydrogen-bond donors (Lipinski definition) is 0. The quantitative estimate of drug-likeness (QED) is 0.221. The number of fused-ring (bicyclic) bond motifs is 5. The van der Waals surface area contributed by atoms with E-state index >= 15 is 0 Å². The molecule has 7 aromatic rings. The molecule has 0 aliphatic carbocycles. The summed E-state index contributed by atoms with van der Waals surface area (Å²) in [4.78, 5) is 0. The first-order chi connectivity index (χ1) is 16.4. The highest BCUT2D eigenvalue weighted by atomic mass is 16.3. The summed E-state index contributed by atoms with van der Waals surface area (Å²) in [7, 11) is 0. The second kappa shape index (κ2) is 9.84. The molecule has 1 heterocycles. The van der Waals surface area contributed by atoms with Crippen molar-refractivity contribution >= 4 is 43.5 Å². The zero-order valence-electron chi connectivity index (χ0n) is 18.3. The van der Waals surface area contributed by atoms with E-state index in [1.165, 1.54) is 32.3 Å². The molecule has 0 unspecified atom stereocenters. The molecule has 7 rings (SSSR count). The number of para-hydroxylation sites is 2. The van der Waals surface area contributed by atoms with Gasteiger partial charge in [-0.1, -0.05) is 121 Å². The van der Waals surface area contributed by atoms with Crippen molar-refractivity contribution in [1.82, 2.24) is 0 Å². The molecule has 0 aliphatic heterocycles. The first kappa shape index (κ1) is 20.5. The molecule has 0 saturated heterocycles. The van der Waals surface area contributed by atoms with Crippen LogP contribution in [0.3, 0.4) is 0 Å². The third-order valence-electron chi connectivity index (χ3n) is 5.56. The van der Waals surface area contributed by atoms with Gasteiger partial charge in [-0.05, 0) is 45.8 Å². The predicted octanol–water partition coefficient (Wildman–Crippen LogP) is 9.27. The third-order valence-corrected chi connectivity index (χ3v) is 5.56. The Bertz CT molecular complexity index is 1430. The maximum atomic E-state index is 5.65. The van der Waals surface area contributed by atoms with E-state index in [4.69, 9.17) is 4.42 Å². The van der Waals surface area contributed by atoms with Crippen LogP contribution in [0.2, 0.25) is 0 Å². The van der Waals surface area contributed by atoms with E-state index in [0.717, 1.165) is 11.2 Å². The van der Waals surface area contributed by atoms with E-state index in [-0.39, 0.29) is 0 Å². The zero-order chi connectivity index (χ0) is 22.3. The molecule has 0 radical (unpaired) electrons. The number of hydrogen-bond acceptors (Lipinski definition) is 1. The second-order valence-corrected chi connectivity index (χ2v) is 7.80. The van der Waals surface area contributed by atoms with Crippen molar-refractivity contribution in [2.75, 3.05) is 0 Å². The maximum Gasteiger partial charge on any atom is 0.135 e. The first-order valence-electron chi connectivity index (χ1n) is 11.1. The standard InChI is InChI=1S/C14H10.C12H8O.C6H6/c1-2-6-12-10-14-8-4-3-7-13(14)9-11(12)5-1;1-3-7-11-9(5-1)10-6-2-4-8-12(10)13-11;1-2-4-6-5-3-1/h1-10H;1-8H;1-6H. The Morgan fingerprint density at radius 2 is 0.606 bits per heavy atom. The average molecular weight is 425 g/mol. The third kappa shape index (κ3) is 4.78. The summed E-state index contributed by atoms with van der Waals surface area (Å²) in [6, 6.07) is 49.6. The molecule has 0 amide bonds. The van der Waals surface area contributed by atoms with Crippen LogP contribution >= 0.6 is 0 Å². The molecule has 6 aromatic carbocycles. The normalized spacial score (nSPS) is 10.4. The molecule has 0 saturated carbocycles. The van der Waals surface area contributed by atoms with Gasteiger partial charge in [-0.25, -0.2) is 0 Å². The van der Waals surface area contributed by atoms with Crippen molar-refractivity contribution in [1.29, 1.82) is 0 Å². The van der Waals surface area contributed by atoms with Gasteiger partial charge in [0, 0.05) is 10.8 Å². The lowest BCUT2D eigenvalue weighted by Gasteiger charge is -2.00. The van der Waals surface area contributed by atoms with Gasteiger partial charge in [-0.2, -0.15) is 0 Å². The van der Waals surface area contributed by atoms with Crippen molar-refractivity contribution in [3.63, 3.8) is 0 Å². The highest BCUT2D eigenvalue weighted by Gasteiger charge is 2.03. The molecule has 0 aliphatic rings. The molecule has 0 fully saturated rings. The lowest BCUT2D eigenvalue weighted by Crippen LogP contribution is -1.74. The molecule has 1 aromatic heterocycles. The summed E-state index contributed by atoms with van der Waals surface area (Å²) in [6.07, 6.45) is 0. The molecule has 0 bridgehead atoms. The molecular formula is C32H24O. The van der Waals surface area contributed by atoms with Crippen LogP contribution in [-0.2, 0) is 0 Å². The SMILES string of the molecule is c1ccc2c(c1)oc1ccccc12.c1ccc2cc3ccccc3cc2c1.c1ccccc1. The van der Waals surface area contributed by atoms with Crippen LogP contribution in [-0.4, -0.2) is 0 Å². The number of rotatable bonds is 0. The maximum absolute atomic E-state index is 5.65. The van der Waals surface area contributed by atoms with Gasteiger partial charge in [-0.15, -0.1) is 0 Å². The second-order valence-electron chi connectivity index (χ2n) is 7.80. The number of furan rings is 1. The Morgan fingerprint density at radius 1 is 0.303 bits per heavy atom. The van der Waals surface area contributed by atoms with Gasteiger partial charge >= 0.3 is 0 Å². The van der Waals surface area contributed by atoms with Crippen molar-refractivity contribution in [3.8, 4) is 0 Å². The lowest BCUT2D eigenvalue weighted by atomic mass is 10.0. The minimum Gasteiger partial charge on any atom is -0.456 e. The fourth-order valence-electron chi connectivity index (χ4n) is 3.94. The Morgan fingerprint density at radius 3 is 0.970 bits per heavy atom. The van der Waals surface area contributed by atoms with E-state index in [1.54, 1.807) is 0 Å². The van der Waals surface area contributed by atoms with Crippen molar-refractivity contribution < 1.29 is 4.42 Å². The molecule has 33 heavy (non-hydrogen) atoms. The summed E-state index contributed by atoms with van der Waals surface area (Å²) in [6.45, 7) is 0. The highest BCUT2D eigenvalue weighted by Crippen LogP contribution is 2.27. The smallest absolute Gasteiger partial charge is 0.135 e. The summed E-state index contributed by atoms with van der Waals surface area (Å²) in [5, 5.41) is 7.63. The van der Waals surface area contributed by atoms with Gasteiger partial charge in [0.05, 0.1) is 0 Å². The van der Waals surface area contributed by atoms with E-state index in [9.17, 15) is 0 Å². The van der Waals surface area contributed by atoms with Gasteiger partial charge < -0.3 is 4.42 Å². The van der Waals surface area contributed by atoms with Crippen LogP contribution in [0, 0.1) is 0 Å². The molecule has 1 heteroatoms. The minimum atomic E-state index is 0.962. The van der Waals surface area contributed by atoms with E-state index in [1.807, 2.05) is 72.8 Å². The van der Waals surface area contributed by atoms with Crippen LogP contribution in [0.15, 0.2) is 150 Å². The van der Waals surface area contributed by atoms with E-state index < -0.39 is 0 Å². The Balaban J connectivity index is 0.000000112. The van der Waals surface area contributed by atoms with Crippen LogP contribution in [0.4, 0.5) is 0 Å². The predicted molar refractivity (Wildman–Crippen MR) is 142 cm³/mol. The lowest BCUT2D eigenvalue weighted by molar-refractivity contribution is 0.669. The molecule has 0 N–H and O–H groups in total. The van der Waals surface area contributed by atoms with Crippen LogP contribution in [0.5, 0.6) is 0 Å². The van der Waals surface area contributed by atoms with Crippen LogP contribution in [0.1, 0.15) is 0 Å². The fourth-order valence-corrected chi connectivity index (χ4v) is 3.94. The molecule has 158 valence electrons. The number of benzene rings is 6. The average Bonchev–Trinajstić information content (AvgIpc) is 3.28. The zero-order valence-corrected chi connectivity index (χ0v) is 18.3. The Labute approximate surface area is 193 Å². The van der Waals surface area contributed by atoms with Gasteiger partial charge in [0.2, 0.25) is 0 Å². The van der Waals surface area contributed by atoms with Crippen LogP contribution in [0.25, 0.3) is 43.5 Å². The monoisotopic (exact) mass is 424 g/mol. The van der Waals surface area contributed by atoms with E-state index in [0.29, 0.717) is 0 Å². The summed E-state index contributed by atoms with van der Waals surface area (Å²) < 4.78 is 5.65. The molecule has 1 nitrogen and oxygen atoms in total. The van der Waals surface area contributed by atoms with Gasteiger partial charge in [0.15, 0.2) is 0 Å². The summed E-state index contributed by atoms with van der Waals surface area (Å²) >= 11 is 0. The highest BCUT2D eigenvalue weighted by molar-refractivity contribution is 6.04. The Kier molecular flexibility index (Phi) is 6.13. The summed E-state index contributed by atoms with van der Waals surface area (Å²) in [5.41, 5.74) is 1.92. The van der Waals surface area contributed by atoms with Crippen molar-refractivity contribution in [2.45, 2.75) is 0 Å². The molecular weight excluding hydrogens is 400 g/mol.